The maximum Gasteiger partial charge on any atom is 0.234 e. The van der Waals surface area contributed by atoms with Crippen molar-refractivity contribution in [1.82, 2.24) is 15.5 Å². The molecule has 0 radical (unpaired) electrons. The maximum atomic E-state index is 11.3. The lowest BCUT2D eigenvalue weighted by Gasteiger charge is -2.22. The van der Waals surface area contributed by atoms with E-state index in [1.165, 1.54) is 11.1 Å². The normalized spacial score (nSPS) is 17.6. The molecule has 1 aliphatic rings. The van der Waals surface area contributed by atoms with Crippen molar-refractivity contribution in [2.24, 2.45) is 0 Å². The average Bonchev–Trinajstić information content (AvgIpc) is 2.94. The first-order valence-corrected chi connectivity index (χ1v) is 6.89. The maximum absolute atomic E-state index is 11.3. The average molecular weight is 271 g/mol. The first-order chi connectivity index (χ1) is 9.78. The first kappa shape index (κ1) is 12.8. The fraction of sp³-hybridized carbons (Fsp3) is 0.400. The summed E-state index contributed by atoms with van der Waals surface area (Å²) in [6, 6.07) is 8.39. The van der Waals surface area contributed by atoms with Crippen LogP contribution < -0.4 is 5.32 Å². The molecule has 1 aromatic heterocycles. The van der Waals surface area contributed by atoms with Crippen LogP contribution >= 0.6 is 0 Å². The molecule has 0 spiro atoms. The van der Waals surface area contributed by atoms with Gasteiger partial charge in [0.05, 0.1) is 12.3 Å². The summed E-state index contributed by atoms with van der Waals surface area (Å²) in [7, 11) is 1.60. The number of hydrogen-bond donors (Lipinski definition) is 1. The molecule has 1 amide bonds. The molecule has 0 saturated carbocycles. The second kappa shape index (κ2) is 5.45. The number of nitrogens with one attached hydrogen (secondary N) is 1. The van der Waals surface area contributed by atoms with Crippen molar-refractivity contribution in [1.29, 1.82) is 0 Å². The van der Waals surface area contributed by atoms with Gasteiger partial charge in [-0.05, 0) is 30.4 Å². The number of carbonyl (C=O) groups is 1. The minimum Gasteiger partial charge on any atom is -0.359 e. The standard InChI is InChI=1S/C15H17N3O2/c1-16-14(19)9-13-17-15(20-18-13)12-8-4-6-10-5-2-3-7-11(10)12/h2-3,5,7,12H,4,6,8-9H2,1H3,(H,16,19). The van der Waals surface area contributed by atoms with E-state index in [4.69, 9.17) is 4.52 Å². The van der Waals surface area contributed by atoms with Crippen LogP contribution in [-0.2, 0) is 17.6 Å². The number of nitrogens with zero attached hydrogens (tertiary/aromatic N) is 2. The minimum absolute atomic E-state index is 0.110. The number of aromatic nitrogens is 2. The van der Waals surface area contributed by atoms with E-state index < -0.39 is 0 Å². The van der Waals surface area contributed by atoms with Crippen LogP contribution in [0.2, 0.25) is 0 Å². The number of benzene rings is 1. The molecule has 3 rings (SSSR count). The summed E-state index contributed by atoms with van der Waals surface area (Å²) in [6.45, 7) is 0. The van der Waals surface area contributed by atoms with Gasteiger partial charge in [-0.3, -0.25) is 4.79 Å². The molecular weight excluding hydrogens is 254 g/mol. The van der Waals surface area contributed by atoms with E-state index in [1.807, 2.05) is 6.07 Å². The van der Waals surface area contributed by atoms with Gasteiger partial charge in [0.2, 0.25) is 11.8 Å². The van der Waals surface area contributed by atoms with Crippen LogP contribution in [0.1, 0.15) is 41.6 Å². The fourth-order valence-electron chi connectivity index (χ4n) is 2.72. The Kier molecular flexibility index (Phi) is 3.50. The van der Waals surface area contributed by atoms with Gasteiger partial charge in [-0.1, -0.05) is 29.4 Å². The molecule has 5 heteroatoms. The number of hydrogen-bond acceptors (Lipinski definition) is 4. The Morgan fingerprint density at radius 1 is 1.45 bits per heavy atom. The zero-order valence-corrected chi connectivity index (χ0v) is 11.4. The Morgan fingerprint density at radius 3 is 3.15 bits per heavy atom. The zero-order valence-electron chi connectivity index (χ0n) is 11.4. The van der Waals surface area contributed by atoms with Gasteiger partial charge in [-0.15, -0.1) is 0 Å². The third kappa shape index (κ3) is 2.43. The van der Waals surface area contributed by atoms with Crippen LogP contribution in [0.4, 0.5) is 0 Å². The van der Waals surface area contributed by atoms with E-state index in [1.54, 1.807) is 7.05 Å². The molecule has 1 unspecified atom stereocenters. The number of fused-ring (bicyclic) bond motifs is 1. The third-order valence-electron chi connectivity index (χ3n) is 3.75. The lowest BCUT2D eigenvalue weighted by Crippen LogP contribution is -2.20. The largest absolute Gasteiger partial charge is 0.359 e. The van der Waals surface area contributed by atoms with E-state index in [-0.39, 0.29) is 18.2 Å². The van der Waals surface area contributed by atoms with Crippen molar-refractivity contribution in [2.75, 3.05) is 7.05 Å². The Hall–Kier alpha value is -2.17. The molecule has 1 aromatic carbocycles. The smallest absolute Gasteiger partial charge is 0.234 e. The van der Waals surface area contributed by atoms with Crippen LogP contribution in [0.25, 0.3) is 0 Å². The predicted molar refractivity (Wildman–Crippen MR) is 73.3 cm³/mol. The Morgan fingerprint density at radius 2 is 2.30 bits per heavy atom. The van der Waals surface area contributed by atoms with Crippen LogP contribution in [0.15, 0.2) is 28.8 Å². The van der Waals surface area contributed by atoms with Crippen molar-refractivity contribution >= 4 is 5.91 Å². The molecule has 1 atom stereocenters. The number of aryl methyl sites for hydroxylation is 1. The zero-order chi connectivity index (χ0) is 13.9. The lowest BCUT2D eigenvalue weighted by atomic mass is 9.83. The second-order valence-corrected chi connectivity index (χ2v) is 5.04. The van der Waals surface area contributed by atoms with Gasteiger partial charge in [0, 0.05) is 7.05 Å². The van der Waals surface area contributed by atoms with Crippen LogP contribution in [0.5, 0.6) is 0 Å². The third-order valence-corrected chi connectivity index (χ3v) is 3.75. The second-order valence-electron chi connectivity index (χ2n) is 5.04. The van der Waals surface area contributed by atoms with Crippen molar-refractivity contribution in [3.63, 3.8) is 0 Å². The fourth-order valence-corrected chi connectivity index (χ4v) is 2.72. The highest BCUT2D eigenvalue weighted by Gasteiger charge is 2.26. The summed E-state index contributed by atoms with van der Waals surface area (Å²) >= 11 is 0. The van der Waals surface area contributed by atoms with Gasteiger partial charge in [-0.2, -0.15) is 4.98 Å². The highest BCUT2D eigenvalue weighted by molar-refractivity contribution is 5.77. The van der Waals surface area contributed by atoms with Gasteiger partial charge in [0.1, 0.15) is 0 Å². The molecule has 0 saturated heterocycles. The molecular formula is C15H17N3O2. The first-order valence-electron chi connectivity index (χ1n) is 6.89. The topological polar surface area (TPSA) is 68.0 Å². The SMILES string of the molecule is CNC(=O)Cc1noc(C2CCCc3ccccc32)n1. The molecule has 1 N–H and O–H groups in total. The van der Waals surface area contributed by atoms with Gasteiger partial charge in [0.25, 0.3) is 0 Å². The van der Waals surface area contributed by atoms with Crippen molar-refractivity contribution in [3.8, 4) is 0 Å². The van der Waals surface area contributed by atoms with E-state index in [0.29, 0.717) is 11.7 Å². The summed E-state index contributed by atoms with van der Waals surface area (Å²) in [4.78, 5) is 15.7. The summed E-state index contributed by atoms with van der Waals surface area (Å²) in [5.41, 5.74) is 2.63. The molecule has 1 aliphatic carbocycles. The van der Waals surface area contributed by atoms with E-state index in [9.17, 15) is 4.79 Å². The molecule has 2 aromatic rings. The van der Waals surface area contributed by atoms with Gasteiger partial charge in [0.15, 0.2) is 5.82 Å². The van der Waals surface area contributed by atoms with E-state index >= 15 is 0 Å². The number of amides is 1. The number of likely N-dealkylation sites (N-methyl/N-ethyl adjacent to an activating group) is 1. The summed E-state index contributed by atoms with van der Waals surface area (Å²) in [6.07, 6.45) is 3.40. The van der Waals surface area contributed by atoms with Crippen LogP contribution in [0.3, 0.4) is 0 Å². The molecule has 0 aliphatic heterocycles. The Balaban J connectivity index is 1.85. The molecule has 5 nitrogen and oxygen atoms in total. The van der Waals surface area contributed by atoms with Crippen LogP contribution in [-0.4, -0.2) is 23.1 Å². The van der Waals surface area contributed by atoms with Crippen molar-refractivity contribution in [3.05, 3.63) is 47.1 Å². The van der Waals surface area contributed by atoms with Gasteiger partial charge in [-0.25, -0.2) is 0 Å². The van der Waals surface area contributed by atoms with E-state index in [2.05, 4.69) is 33.7 Å². The molecule has 1 heterocycles. The molecule has 0 bridgehead atoms. The Bertz CT molecular complexity index is 621. The molecule has 0 fully saturated rings. The Labute approximate surface area is 117 Å². The number of rotatable bonds is 3. The van der Waals surface area contributed by atoms with Crippen molar-refractivity contribution < 1.29 is 9.32 Å². The van der Waals surface area contributed by atoms with Crippen LogP contribution in [0, 0.1) is 0 Å². The van der Waals surface area contributed by atoms with Gasteiger partial charge < -0.3 is 9.84 Å². The molecule has 20 heavy (non-hydrogen) atoms. The molecule has 104 valence electrons. The van der Waals surface area contributed by atoms with Crippen molar-refractivity contribution in [2.45, 2.75) is 31.6 Å². The monoisotopic (exact) mass is 271 g/mol. The highest BCUT2D eigenvalue weighted by atomic mass is 16.5. The van der Waals surface area contributed by atoms with Gasteiger partial charge >= 0.3 is 0 Å². The summed E-state index contributed by atoms with van der Waals surface area (Å²) < 4.78 is 5.37. The lowest BCUT2D eigenvalue weighted by molar-refractivity contribution is -0.120. The predicted octanol–water partition coefficient (Wildman–Crippen LogP) is 1.83. The summed E-state index contributed by atoms with van der Waals surface area (Å²) in [5, 5.41) is 6.46. The van der Waals surface area contributed by atoms with E-state index in [0.717, 1.165) is 19.3 Å². The highest BCUT2D eigenvalue weighted by Crippen LogP contribution is 2.35. The quantitative estimate of drug-likeness (QED) is 0.924. The number of carbonyl (C=O) groups excluding carboxylic acids is 1. The summed E-state index contributed by atoms with van der Waals surface area (Å²) in [5.74, 6) is 1.12. The minimum atomic E-state index is -0.110.